The number of rotatable bonds is 3. The van der Waals surface area contributed by atoms with Crippen LogP contribution in [0.25, 0.3) is 0 Å². The molecule has 104 valence electrons. The first-order valence-corrected chi connectivity index (χ1v) is 6.13. The van der Waals surface area contributed by atoms with Gasteiger partial charge in [0.25, 0.3) is 0 Å². The van der Waals surface area contributed by atoms with Gasteiger partial charge in [0.1, 0.15) is 5.60 Å². The molecule has 6 heteroatoms. The highest BCUT2D eigenvalue weighted by Gasteiger charge is 2.15. The number of amides is 1. The van der Waals surface area contributed by atoms with Gasteiger partial charge in [0.2, 0.25) is 0 Å². The Hall–Kier alpha value is -1.75. The lowest BCUT2D eigenvalue weighted by Gasteiger charge is -2.19. The first-order valence-electron chi connectivity index (χ1n) is 5.75. The van der Waals surface area contributed by atoms with Crippen LogP contribution >= 0.6 is 11.6 Å². The summed E-state index contributed by atoms with van der Waals surface area (Å²) < 4.78 is 5.12. The molecular weight excluding hydrogens is 268 g/mol. The molecule has 0 aliphatic heterocycles. The summed E-state index contributed by atoms with van der Waals surface area (Å²) in [6, 6.07) is 7.01. The fraction of sp³-hybridized carbons (Fsp3) is 0.385. The number of carbonyl (C=O) groups is 1. The van der Waals surface area contributed by atoms with Gasteiger partial charge in [0.15, 0.2) is 5.17 Å². The Kier molecular flexibility index (Phi) is 5.18. The topological polar surface area (TPSA) is 70.9 Å². The Labute approximate surface area is 117 Å². The van der Waals surface area contributed by atoms with E-state index in [1.807, 2.05) is 6.07 Å². The first kappa shape index (κ1) is 15.3. The lowest BCUT2D eigenvalue weighted by atomic mass is 10.1. The van der Waals surface area contributed by atoms with E-state index in [-0.39, 0.29) is 5.17 Å². The van der Waals surface area contributed by atoms with Gasteiger partial charge in [-0.05, 0) is 32.4 Å². The van der Waals surface area contributed by atoms with Crippen molar-refractivity contribution in [2.75, 3.05) is 0 Å². The maximum atomic E-state index is 11.5. The molecule has 2 N–H and O–H groups in total. The van der Waals surface area contributed by atoms with E-state index < -0.39 is 11.7 Å². The number of nitrogens with one attached hydrogen (secondary N) is 1. The number of hydrogen-bond donors (Lipinski definition) is 2. The summed E-state index contributed by atoms with van der Waals surface area (Å²) in [4.78, 5) is 11.5. The molecule has 1 aromatic carbocycles. The predicted octanol–water partition coefficient (Wildman–Crippen LogP) is 3.09. The van der Waals surface area contributed by atoms with E-state index in [1.165, 1.54) is 0 Å². The monoisotopic (exact) mass is 284 g/mol. The maximum absolute atomic E-state index is 11.5. The third-order valence-electron chi connectivity index (χ3n) is 2.09. The van der Waals surface area contributed by atoms with Gasteiger partial charge in [-0.1, -0.05) is 35.0 Å². The quantitative estimate of drug-likeness (QED) is 0.509. The number of oxime groups is 1. The van der Waals surface area contributed by atoms with Crippen LogP contribution in [0.5, 0.6) is 0 Å². The number of alkyl carbamates (subject to hydrolysis) is 1. The number of nitrogens with zero attached hydrogens (tertiary/aromatic N) is 1. The van der Waals surface area contributed by atoms with Gasteiger partial charge in [-0.2, -0.15) is 0 Å². The van der Waals surface area contributed by atoms with Crippen molar-refractivity contribution in [3.8, 4) is 0 Å². The number of halogens is 1. The Morgan fingerprint density at radius 1 is 1.47 bits per heavy atom. The van der Waals surface area contributed by atoms with Crippen LogP contribution in [0, 0.1) is 0 Å². The minimum absolute atomic E-state index is 0.000817. The summed E-state index contributed by atoms with van der Waals surface area (Å²) in [5.74, 6) is 0. The average molecular weight is 285 g/mol. The second kappa shape index (κ2) is 6.43. The molecule has 0 bridgehead atoms. The van der Waals surface area contributed by atoms with E-state index in [4.69, 9.17) is 21.5 Å². The summed E-state index contributed by atoms with van der Waals surface area (Å²) in [5.41, 5.74) is 0.872. The summed E-state index contributed by atoms with van der Waals surface area (Å²) in [5, 5.41) is 14.1. The third kappa shape index (κ3) is 5.61. The van der Waals surface area contributed by atoms with Gasteiger partial charge in [0, 0.05) is 12.1 Å². The zero-order valence-corrected chi connectivity index (χ0v) is 11.9. The molecule has 0 aliphatic carbocycles. The standard InChI is InChI=1S/C13H17ClN2O3/c1-13(2,3)19-12(17)15-8-9-5-4-6-10(7-9)11(14)16-18/h4-7,18H,8H2,1-3H3,(H,15,17)/b16-11-. The second-order valence-corrected chi connectivity index (χ2v) is 5.30. The average Bonchev–Trinajstić information content (AvgIpc) is 2.34. The molecule has 0 fully saturated rings. The van der Waals surface area contributed by atoms with Crippen molar-refractivity contribution in [2.45, 2.75) is 32.9 Å². The molecule has 0 saturated carbocycles. The van der Waals surface area contributed by atoms with Crippen molar-refractivity contribution in [1.29, 1.82) is 0 Å². The summed E-state index contributed by atoms with van der Waals surface area (Å²) in [7, 11) is 0. The van der Waals surface area contributed by atoms with Gasteiger partial charge in [-0.15, -0.1) is 0 Å². The van der Waals surface area contributed by atoms with E-state index in [1.54, 1.807) is 39.0 Å². The van der Waals surface area contributed by atoms with Crippen molar-refractivity contribution < 1.29 is 14.7 Å². The van der Waals surface area contributed by atoms with Gasteiger partial charge in [-0.3, -0.25) is 0 Å². The number of hydrogen-bond acceptors (Lipinski definition) is 4. The van der Waals surface area contributed by atoms with Crippen molar-refractivity contribution in [3.63, 3.8) is 0 Å². The second-order valence-electron chi connectivity index (χ2n) is 4.95. The zero-order valence-electron chi connectivity index (χ0n) is 11.1. The van der Waals surface area contributed by atoms with Crippen LogP contribution in [0.1, 0.15) is 31.9 Å². The summed E-state index contributed by atoms with van der Waals surface area (Å²) in [6.07, 6.45) is -0.486. The number of benzene rings is 1. The molecule has 0 heterocycles. The highest BCUT2D eigenvalue weighted by molar-refractivity contribution is 6.69. The normalized spacial score (nSPS) is 12.1. The van der Waals surface area contributed by atoms with Gasteiger partial charge in [-0.25, -0.2) is 4.79 Å². The highest BCUT2D eigenvalue weighted by Crippen LogP contribution is 2.10. The molecule has 1 aromatic rings. The van der Waals surface area contributed by atoms with Crippen LogP contribution in [0.15, 0.2) is 29.4 Å². The molecule has 5 nitrogen and oxygen atoms in total. The molecular formula is C13H17ClN2O3. The Bertz CT molecular complexity index is 481. The van der Waals surface area contributed by atoms with E-state index in [0.29, 0.717) is 12.1 Å². The van der Waals surface area contributed by atoms with Crippen LogP contribution in [0.2, 0.25) is 0 Å². The van der Waals surface area contributed by atoms with Gasteiger partial charge >= 0.3 is 6.09 Å². The largest absolute Gasteiger partial charge is 0.444 e. The smallest absolute Gasteiger partial charge is 0.407 e. The molecule has 0 spiro atoms. The molecule has 0 saturated heterocycles. The van der Waals surface area contributed by atoms with Crippen LogP contribution in [0.3, 0.4) is 0 Å². The molecule has 0 aliphatic rings. The van der Waals surface area contributed by atoms with Crippen LogP contribution in [-0.4, -0.2) is 22.1 Å². The van der Waals surface area contributed by atoms with Crippen molar-refractivity contribution in [1.82, 2.24) is 5.32 Å². The van der Waals surface area contributed by atoms with E-state index >= 15 is 0 Å². The maximum Gasteiger partial charge on any atom is 0.407 e. The SMILES string of the molecule is CC(C)(C)OC(=O)NCc1cccc(/C(Cl)=N/O)c1. The fourth-order valence-corrected chi connectivity index (χ4v) is 1.47. The summed E-state index contributed by atoms with van der Waals surface area (Å²) in [6.45, 7) is 5.69. The van der Waals surface area contributed by atoms with Crippen molar-refractivity contribution in [3.05, 3.63) is 35.4 Å². The summed E-state index contributed by atoms with van der Waals surface area (Å²) >= 11 is 5.70. The Morgan fingerprint density at radius 3 is 2.74 bits per heavy atom. The highest BCUT2D eigenvalue weighted by atomic mass is 35.5. The van der Waals surface area contributed by atoms with Crippen LogP contribution in [0.4, 0.5) is 4.79 Å². The van der Waals surface area contributed by atoms with E-state index in [2.05, 4.69) is 10.5 Å². The zero-order chi connectivity index (χ0) is 14.5. The molecule has 1 amide bonds. The molecule has 1 rings (SSSR count). The molecule has 0 radical (unpaired) electrons. The Balaban J connectivity index is 2.61. The number of ether oxygens (including phenoxy) is 1. The molecule has 19 heavy (non-hydrogen) atoms. The van der Waals surface area contributed by atoms with Gasteiger partial charge in [0.05, 0.1) is 0 Å². The van der Waals surface area contributed by atoms with E-state index in [9.17, 15) is 4.79 Å². The Morgan fingerprint density at radius 2 is 2.16 bits per heavy atom. The van der Waals surface area contributed by atoms with Crippen LogP contribution < -0.4 is 5.32 Å². The predicted molar refractivity (Wildman–Crippen MR) is 73.7 cm³/mol. The molecule has 0 unspecified atom stereocenters. The van der Waals surface area contributed by atoms with E-state index in [0.717, 1.165) is 5.56 Å². The minimum Gasteiger partial charge on any atom is -0.444 e. The van der Waals surface area contributed by atoms with Gasteiger partial charge < -0.3 is 15.3 Å². The first-order chi connectivity index (χ1) is 8.81. The minimum atomic E-state index is -0.529. The van der Waals surface area contributed by atoms with Crippen LogP contribution in [-0.2, 0) is 11.3 Å². The molecule has 0 aromatic heterocycles. The van der Waals surface area contributed by atoms with Crippen molar-refractivity contribution in [2.24, 2.45) is 5.16 Å². The lowest BCUT2D eigenvalue weighted by Crippen LogP contribution is -2.32. The van der Waals surface area contributed by atoms with Crippen molar-refractivity contribution >= 4 is 22.9 Å². The number of carbonyl (C=O) groups excluding carboxylic acids is 1. The molecule has 0 atom stereocenters. The lowest BCUT2D eigenvalue weighted by molar-refractivity contribution is 0.0523. The fourth-order valence-electron chi connectivity index (χ4n) is 1.36. The third-order valence-corrected chi connectivity index (χ3v) is 2.38.